The van der Waals surface area contributed by atoms with Crippen LogP contribution in [0.25, 0.3) is 0 Å². The summed E-state index contributed by atoms with van der Waals surface area (Å²) in [4.78, 5) is 20.7. The van der Waals surface area contributed by atoms with E-state index < -0.39 is 0 Å². The quantitative estimate of drug-likeness (QED) is 0.773. The highest BCUT2D eigenvalue weighted by molar-refractivity contribution is 5.69. The van der Waals surface area contributed by atoms with Gasteiger partial charge >= 0.3 is 11.9 Å². The summed E-state index contributed by atoms with van der Waals surface area (Å²) in [6.45, 7) is 3.92. The Morgan fingerprint density at radius 3 is 1.94 bits per heavy atom. The average molecular weight is 252 g/mol. The van der Waals surface area contributed by atoms with Crippen molar-refractivity contribution in [2.24, 2.45) is 0 Å². The summed E-state index contributed by atoms with van der Waals surface area (Å²) in [7, 11) is 1.38. The molecule has 1 aromatic rings. The van der Waals surface area contributed by atoms with Crippen LogP contribution < -0.4 is 0 Å². The molecule has 0 spiro atoms. The monoisotopic (exact) mass is 252 g/mol. The van der Waals surface area contributed by atoms with E-state index >= 15 is 0 Å². The zero-order chi connectivity index (χ0) is 13.8. The highest BCUT2D eigenvalue weighted by Crippen LogP contribution is 2.00. The second-order valence-electron chi connectivity index (χ2n) is 3.43. The van der Waals surface area contributed by atoms with Crippen molar-refractivity contribution in [2.75, 3.05) is 7.11 Å². The molecular formula is C14H20O4. The maximum atomic E-state index is 10.8. The molecule has 0 aliphatic rings. The lowest BCUT2D eigenvalue weighted by atomic mass is 10.2. The summed E-state index contributed by atoms with van der Waals surface area (Å²) in [6, 6.07) is 9.65. The molecule has 0 saturated heterocycles. The summed E-state index contributed by atoms with van der Waals surface area (Å²) in [5.74, 6) is -0.311. The third kappa shape index (κ3) is 8.33. The Bertz CT molecular complexity index is 340. The molecule has 100 valence electrons. The first-order chi connectivity index (χ1) is 8.63. The Balaban J connectivity index is 0.000000411. The molecule has 0 N–H and O–H groups in total. The van der Waals surface area contributed by atoms with E-state index in [1.807, 2.05) is 30.3 Å². The summed E-state index contributed by atoms with van der Waals surface area (Å²) in [6.07, 6.45) is 0.906. The molecule has 0 heterocycles. The highest BCUT2D eigenvalue weighted by atomic mass is 16.5. The zero-order valence-electron chi connectivity index (χ0n) is 11.1. The van der Waals surface area contributed by atoms with E-state index in [1.54, 1.807) is 13.8 Å². The average Bonchev–Trinajstić information content (AvgIpc) is 2.45. The molecule has 1 rings (SSSR count). The number of rotatable bonds is 4. The molecule has 0 radical (unpaired) electrons. The van der Waals surface area contributed by atoms with Crippen LogP contribution in [0, 0.1) is 0 Å². The largest absolute Gasteiger partial charge is 0.469 e. The topological polar surface area (TPSA) is 52.6 Å². The van der Waals surface area contributed by atoms with Gasteiger partial charge in [0.1, 0.15) is 6.61 Å². The van der Waals surface area contributed by atoms with Crippen LogP contribution >= 0.6 is 0 Å². The van der Waals surface area contributed by atoms with E-state index in [-0.39, 0.29) is 11.9 Å². The van der Waals surface area contributed by atoms with Crippen LogP contribution in [0.1, 0.15) is 32.3 Å². The molecule has 0 bridgehead atoms. The lowest BCUT2D eigenvalue weighted by Crippen LogP contribution is -2.01. The van der Waals surface area contributed by atoms with Crippen molar-refractivity contribution in [3.05, 3.63) is 35.9 Å². The van der Waals surface area contributed by atoms with Gasteiger partial charge < -0.3 is 9.47 Å². The fraction of sp³-hybridized carbons (Fsp3) is 0.429. The molecule has 0 aliphatic carbocycles. The van der Waals surface area contributed by atoms with E-state index in [0.717, 1.165) is 5.56 Å². The molecule has 0 atom stereocenters. The first kappa shape index (κ1) is 16.2. The molecule has 0 saturated carbocycles. The standard InChI is InChI=1S/C10H12O2.C4H8O2/c1-2-10(11)12-8-9-6-4-3-5-7-9;1-3-4(5)6-2/h3-7H,2,8H2,1H3;3H2,1-2H3. The number of benzene rings is 1. The van der Waals surface area contributed by atoms with Crippen LogP contribution in [0.15, 0.2) is 30.3 Å². The maximum Gasteiger partial charge on any atom is 0.305 e. The van der Waals surface area contributed by atoms with Gasteiger partial charge in [-0.3, -0.25) is 9.59 Å². The summed E-state index contributed by atoms with van der Waals surface area (Å²) in [5.41, 5.74) is 1.03. The smallest absolute Gasteiger partial charge is 0.305 e. The lowest BCUT2D eigenvalue weighted by molar-refractivity contribution is -0.144. The number of hydrogen-bond donors (Lipinski definition) is 0. The molecule has 4 heteroatoms. The fourth-order valence-electron chi connectivity index (χ4n) is 0.984. The van der Waals surface area contributed by atoms with Gasteiger partial charge in [-0.05, 0) is 5.56 Å². The van der Waals surface area contributed by atoms with Gasteiger partial charge in [-0.25, -0.2) is 0 Å². The van der Waals surface area contributed by atoms with Crippen molar-refractivity contribution < 1.29 is 19.1 Å². The minimum absolute atomic E-state index is 0.154. The number of esters is 2. The second-order valence-corrected chi connectivity index (χ2v) is 3.43. The van der Waals surface area contributed by atoms with E-state index in [2.05, 4.69) is 4.74 Å². The van der Waals surface area contributed by atoms with Crippen molar-refractivity contribution in [3.8, 4) is 0 Å². The van der Waals surface area contributed by atoms with E-state index in [9.17, 15) is 9.59 Å². The Labute approximate surface area is 108 Å². The first-order valence-electron chi connectivity index (χ1n) is 5.90. The Hall–Kier alpha value is -1.84. The number of ether oxygens (including phenoxy) is 2. The van der Waals surface area contributed by atoms with Crippen LogP contribution in [-0.4, -0.2) is 19.0 Å². The van der Waals surface area contributed by atoms with Gasteiger partial charge in [-0.15, -0.1) is 0 Å². The fourth-order valence-corrected chi connectivity index (χ4v) is 0.984. The van der Waals surface area contributed by atoms with Crippen LogP contribution in [-0.2, 0) is 25.7 Å². The molecule has 0 fully saturated rings. The summed E-state index contributed by atoms with van der Waals surface area (Å²) >= 11 is 0. The molecule has 0 aromatic heterocycles. The van der Waals surface area contributed by atoms with Gasteiger partial charge in [-0.2, -0.15) is 0 Å². The normalized spacial score (nSPS) is 8.83. The van der Waals surface area contributed by atoms with Gasteiger partial charge in [0.05, 0.1) is 7.11 Å². The van der Waals surface area contributed by atoms with Gasteiger partial charge in [-0.1, -0.05) is 44.2 Å². The van der Waals surface area contributed by atoms with E-state index in [4.69, 9.17) is 4.74 Å². The molecular weight excluding hydrogens is 232 g/mol. The minimum atomic E-state index is -0.157. The Kier molecular flexibility index (Phi) is 9.27. The van der Waals surface area contributed by atoms with Crippen molar-refractivity contribution in [3.63, 3.8) is 0 Å². The van der Waals surface area contributed by atoms with Crippen molar-refractivity contribution in [1.29, 1.82) is 0 Å². The van der Waals surface area contributed by atoms with Gasteiger partial charge in [0.15, 0.2) is 0 Å². The molecule has 0 aliphatic heterocycles. The number of methoxy groups -OCH3 is 1. The predicted octanol–water partition coefficient (Wildman–Crippen LogP) is 2.71. The van der Waals surface area contributed by atoms with Gasteiger partial charge in [0.25, 0.3) is 0 Å². The van der Waals surface area contributed by atoms with Crippen molar-refractivity contribution in [1.82, 2.24) is 0 Å². The van der Waals surface area contributed by atoms with Crippen LogP contribution in [0.2, 0.25) is 0 Å². The lowest BCUT2D eigenvalue weighted by Gasteiger charge is -2.01. The SMILES string of the molecule is CCC(=O)OC.CCC(=O)OCc1ccccc1. The number of carbonyl (C=O) groups is 2. The predicted molar refractivity (Wildman–Crippen MR) is 68.8 cm³/mol. The summed E-state index contributed by atoms with van der Waals surface area (Å²) < 4.78 is 9.20. The number of hydrogen-bond acceptors (Lipinski definition) is 4. The van der Waals surface area contributed by atoms with Gasteiger partial charge in [0, 0.05) is 12.8 Å². The van der Waals surface area contributed by atoms with Crippen LogP contribution in [0.3, 0.4) is 0 Å². The Morgan fingerprint density at radius 1 is 1.00 bits per heavy atom. The third-order valence-electron chi connectivity index (χ3n) is 2.05. The third-order valence-corrected chi connectivity index (χ3v) is 2.05. The Morgan fingerprint density at radius 2 is 1.56 bits per heavy atom. The molecule has 18 heavy (non-hydrogen) atoms. The van der Waals surface area contributed by atoms with Crippen molar-refractivity contribution >= 4 is 11.9 Å². The van der Waals surface area contributed by atoms with E-state index in [0.29, 0.717) is 19.4 Å². The maximum absolute atomic E-state index is 10.8. The van der Waals surface area contributed by atoms with Crippen molar-refractivity contribution in [2.45, 2.75) is 33.3 Å². The van der Waals surface area contributed by atoms with Crippen LogP contribution in [0.4, 0.5) is 0 Å². The zero-order valence-corrected chi connectivity index (χ0v) is 11.1. The highest BCUT2D eigenvalue weighted by Gasteiger charge is 1.97. The second kappa shape index (κ2) is 10.3. The summed E-state index contributed by atoms with van der Waals surface area (Å²) in [5, 5.41) is 0. The molecule has 0 amide bonds. The molecule has 1 aromatic carbocycles. The number of carbonyl (C=O) groups excluding carboxylic acids is 2. The molecule has 4 nitrogen and oxygen atoms in total. The first-order valence-corrected chi connectivity index (χ1v) is 5.90. The van der Waals surface area contributed by atoms with Gasteiger partial charge in [0.2, 0.25) is 0 Å². The van der Waals surface area contributed by atoms with Crippen LogP contribution in [0.5, 0.6) is 0 Å². The van der Waals surface area contributed by atoms with E-state index in [1.165, 1.54) is 7.11 Å². The minimum Gasteiger partial charge on any atom is -0.469 e. The molecule has 0 unspecified atom stereocenters.